The van der Waals surface area contributed by atoms with Crippen LogP contribution in [-0.4, -0.2) is 19.1 Å². The molecule has 0 bridgehead atoms. The molecule has 0 amide bonds. The number of nitrogens with two attached hydrogens (primary N) is 1. The molecule has 0 aliphatic heterocycles. The van der Waals surface area contributed by atoms with Crippen LogP contribution < -0.4 is 5.73 Å². The van der Waals surface area contributed by atoms with Gasteiger partial charge in [-0.1, -0.05) is 54.6 Å². The predicted octanol–water partition coefficient (Wildman–Crippen LogP) is 2.88. The van der Waals surface area contributed by atoms with Crippen molar-refractivity contribution in [3.63, 3.8) is 0 Å². The monoisotopic (exact) mass is 283 g/mol. The topological polar surface area (TPSA) is 52.3 Å². The van der Waals surface area contributed by atoms with Gasteiger partial charge in [0.2, 0.25) is 0 Å². The van der Waals surface area contributed by atoms with E-state index >= 15 is 0 Å². The minimum atomic E-state index is -0.200. The van der Waals surface area contributed by atoms with E-state index in [0.29, 0.717) is 13.2 Å². The fourth-order valence-electron chi connectivity index (χ4n) is 2.53. The third-order valence-corrected chi connectivity index (χ3v) is 3.51. The van der Waals surface area contributed by atoms with Gasteiger partial charge in [-0.15, -0.1) is 0 Å². The third-order valence-electron chi connectivity index (χ3n) is 3.51. The van der Waals surface area contributed by atoms with Gasteiger partial charge in [0.05, 0.1) is 13.0 Å². The van der Waals surface area contributed by atoms with E-state index < -0.39 is 0 Å². The standard InChI is InChI=1S/C18H21NO2/c1-2-21-18(20)12-15-10-6-7-11-16(15)17(13-19)14-8-4-3-5-9-14/h3-11,17H,2,12-13,19H2,1H3. The van der Waals surface area contributed by atoms with E-state index in [-0.39, 0.29) is 18.3 Å². The maximum Gasteiger partial charge on any atom is 0.310 e. The lowest BCUT2D eigenvalue weighted by atomic mass is 9.87. The molecular formula is C18H21NO2. The molecule has 21 heavy (non-hydrogen) atoms. The number of hydrogen-bond donors (Lipinski definition) is 1. The van der Waals surface area contributed by atoms with Crippen LogP contribution in [0.15, 0.2) is 54.6 Å². The average molecular weight is 283 g/mol. The summed E-state index contributed by atoms with van der Waals surface area (Å²) in [5, 5.41) is 0. The van der Waals surface area contributed by atoms with E-state index in [1.165, 1.54) is 0 Å². The molecule has 0 spiro atoms. The van der Waals surface area contributed by atoms with Gasteiger partial charge in [0.15, 0.2) is 0 Å². The fourth-order valence-corrected chi connectivity index (χ4v) is 2.53. The van der Waals surface area contributed by atoms with Crippen molar-refractivity contribution >= 4 is 5.97 Å². The van der Waals surface area contributed by atoms with Gasteiger partial charge >= 0.3 is 5.97 Å². The molecule has 0 fully saturated rings. The Hall–Kier alpha value is -2.13. The van der Waals surface area contributed by atoms with Crippen LogP contribution in [0.3, 0.4) is 0 Å². The molecule has 0 heterocycles. The van der Waals surface area contributed by atoms with Crippen molar-refractivity contribution in [3.05, 3.63) is 71.3 Å². The summed E-state index contributed by atoms with van der Waals surface area (Å²) in [7, 11) is 0. The zero-order valence-corrected chi connectivity index (χ0v) is 12.3. The Balaban J connectivity index is 2.31. The SMILES string of the molecule is CCOC(=O)Cc1ccccc1C(CN)c1ccccc1. The molecule has 0 radical (unpaired) electrons. The van der Waals surface area contributed by atoms with Gasteiger partial charge in [-0.3, -0.25) is 4.79 Å². The number of carbonyl (C=O) groups is 1. The Bertz CT molecular complexity index is 581. The lowest BCUT2D eigenvalue weighted by molar-refractivity contribution is -0.142. The largest absolute Gasteiger partial charge is 0.466 e. The fraction of sp³-hybridized carbons (Fsp3) is 0.278. The van der Waals surface area contributed by atoms with Gasteiger partial charge in [-0.05, 0) is 23.6 Å². The van der Waals surface area contributed by atoms with Crippen molar-refractivity contribution in [1.82, 2.24) is 0 Å². The van der Waals surface area contributed by atoms with Crippen LogP contribution in [0.4, 0.5) is 0 Å². The van der Waals surface area contributed by atoms with Crippen molar-refractivity contribution in [2.45, 2.75) is 19.3 Å². The molecule has 2 rings (SSSR count). The average Bonchev–Trinajstić information content (AvgIpc) is 2.51. The number of hydrogen-bond acceptors (Lipinski definition) is 3. The molecule has 0 aromatic heterocycles. The summed E-state index contributed by atoms with van der Waals surface area (Å²) < 4.78 is 5.05. The van der Waals surface area contributed by atoms with Gasteiger partial charge in [0, 0.05) is 12.5 Å². The highest BCUT2D eigenvalue weighted by Gasteiger charge is 2.17. The van der Waals surface area contributed by atoms with Gasteiger partial charge < -0.3 is 10.5 Å². The molecule has 1 atom stereocenters. The Morgan fingerprint density at radius 3 is 2.43 bits per heavy atom. The van der Waals surface area contributed by atoms with Gasteiger partial charge in [0.25, 0.3) is 0 Å². The highest BCUT2D eigenvalue weighted by molar-refractivity contribution is 5.73. The molecular weight excluding hydrogens is 262 g/mol. The first-order valence-electron chi connectivity index (χ1n) is 7.24. The highest BCUT2D eigenvalue weighted by Crippen LogP contribution is 2.27. The van der Waals surface area contributed by atoms with Crippen LogP contribution in [0, 0.1) is 0 Å². The van der Waals surface area contributed by atoms with Crippen LogP contribution in [0.25, 0.3) is 0 Å². The Morgan fingerprint density at radius 2 is 1.76 bits per heavy atom. The second-order valence-electron chi connectivity index (χ2n) is 4.88. The number of carbonyl (C=O) groups excluding carboxylic acids is 1. The molecule has 2 N–H and O–H groups in total. The molecule has 2 aromatic carbocycles. The third kappa shape index (κ3) is 3.92. The molecule has 0 aliphatic rings. The first kappa shape index (κ1) is 15.3. The predicted molar refractivity (Wildman–Crippen MR) is 84.1 cm³/mol. The molecule has 0 saturated heterocycles. The molecule has 0 aliphatic carbocycles. The van der Waals surface area contributed by atoms with Crippen LogP contribution in [0.2, 0.25) is 0 Å². The van der Waals surface area contributed by atoms with Crippen LogP contribution >= 0.6 is 0 Å². The van der Waals surface area contributed by atoms with Crippen molar-refractivity contribution < 1.29 is 9.53 Å². The zero-order chi connectivity index (χ0) is 15.1. The molecule has 110 valence electrons. The number of ether oxygens (including phenoxy) is 1. The number of rotatable bonds is 6. The highest BCUT2D eigenvalue weighted by atomic mass is 16.5. The van der Waals surface area contributed by atoms with E-state index in [4.69, 9.17) is 10.5 Å². The van der Waals surface area contributed by atoms with Crippen molar-refractivity contribution in [2.24, 2.45) is 5.73 Å². The first-order valence-corrected chi connectivity index (χ1v) is 7.24. The normalized spacial score (nSPS) is 11.9. The van der Waals surface area contributed by atoms with Crippen molar-refractivity contribution in [3.8, 4) is 0 Å². The quantitative estimate of drug-likeness (QED) is 0.829. The minimum Gasteiger partial charge on any atom is -0.466 e. The summed E-state index contributed by atoms with van der Waals surface area (Å²) in [5.74, 6) is -0.106. The maximum atomic E-state index is 11.8. The maximum absolute atomic E-state index is 11.8. The second-order valence-corrected chi connectivity index (χ2v) is 4.88. The lowest BCUT2D eigenvalue weighted by Gasteiger charge is -2.19. The molecule has 1 unspecified atom stereocenters. The first-order chi connectivity index (χ1) is 10.3. The molecule has 3 nitrogen and oxygen atoms in total. The Labute approximate surface area is 125 Å². The Kier molecular flexibility index (Phi) is 5.52. The number of benzene rings is 2. The van der Waals surface area contributed by atoms with Crippen LogP contribution in [0.1, 0.15) is 29.5 Å². The van der Waals surface area contributed by atoms with Crippen LogP contribution in [-0.2, 0) is 16.0 Å². The smallest absolute Gasteiger partial charge is 0.310 e. The molecule has 0 saturated carbocycles. The summed E-state index contributed by atoms with van der Waals surface area (Å²) in [6, 6.07) is 18.1. The summed E-state index contributed by atoms with van der Waals surface area (Å²) in [6.07, 6.45) is 0.285. The Morgan fingerprint density at radius 1 is 1.10 bits per heavy atom. The van der Waals surface area contributed by atoms with E-state index in [2.05, 4.69) is 12.1 Å². The van der Waals surface area contributed by atoms with E-state index in [0.717, 1.165) is 16.7 Å². The van der Waals surface area contributed by atoms with Crippen LogP contribution in [0.5, 0.6) is 0 Å². The lowest BCUT2D eigenvalue weighted by Crippen LogP contribution is -2.17. The van der Waals surface area contributed by atoms with Crippen molar-refractivity contribution in [2.75, 3.05) is 13.2 Å². The molecule has 2 aromatic rings. The van der Waals surface area contributed by atoms with E-state index in [1.807, 2.05) is 49.4 Å². The minimum absolute atomic E-state index is 0.0943. The molecule has 3 heteroatoms. The van der Waals surface area contributed by atoms with Gasteiger partial charge in [-0.25, -0.2) is 0 Å². The van der Waals surface area contributed by atoms with Crippen molar-refractivity contribution in [1.29, 1.82) is 0 Å². The summed E-state index contributed by atoms with van der Waals surface area (Å²) in [4.78, 5) is 11.8. The van der Waals surface area contributed by atoms with E-state index in [1.54, 1.807) is 0 Å². The second kappa shape index (κ2) is 7.60. The summed E-state index contributed by atoms with van der Waals surface area (Å²) >= 11 is 0. The number of esters is 1. The van der Waals surface area contributed by atoms with E-state index in [9.17, 15) is 4.79 Å². The van der Waals surface area contributed by atoms with Gasteiger partial charge in [0.1, 0.15) is 0 Å². The summed E-state index contributed by atoms with van der Waals surface area (Å²) in [5.41, 5.74) is 9.22. The zero-order valence-electron chi connectivity index (χ0n) is 12.3. The van der Waals surface area contributed by atoms with Gasteiger partial charge in [-0.2, -0.15) is 0 Å². The summed E-state index contributed by atoms with van der Waals surface area (Å²) in [6.45, 7) is 2.72.